The number of hydrogen-bond acceptors (Lipinski definition) is 3. The SMILES string of the molecule is CCn1ccnc1C(NN)C1CC1. The molecule has 4 nitrogen and oxygen atoms in total. The first kappa shape index (κ1) is 8.72. The first-order chi connectivity index (χ1) is 6.36. The van der Waals surface area contributed by atoms with Crippen LogP contribution >= 0.6 is 0 Å². The Morgan fingerprint density at radius 3 is 3.08 bits per heavy atom. The Hall–Kier alpha value is -0.870. The van der Waals surface area contributed by atoms with Gasteiger partial charge in [-0.25, -0.2) is 10.4 Å². The van der Waals surface area contributed by atoms with Gasteiger partial charge in [0.15, 0.2) is 0 Å². The number of nitrogens with one attached hydrogen (secondary N) is 1. The largest absolute Gasteiger partial charge is 0.334 e. The Morgan fingerprint density at radius 1 is 1.77 bits per heavy atom. The van der Waals surface area contributed by atoms with E-state index in [-0.39, 0.29) is 6.04 Å². The minimum absolute atomic E-state index is 0.245. The molecule has 1 saturated carbocycles. The van der Waals surface area contributed by atoms with Crippen LogP contribution in [0.5, 0.6) is 0 Å². The lowest BCUT2D eigenvalue weighted by Crippen LogP contribution is -2.31. The van der Waals surface area contributed by atoms with Crippen molar-refractivity contribution in [3.05, 3.63) is 18.2 Å². The van der Waals surface area contributed by atoms with Gasteiger partial charge >= 0.3 is 0 Å². The first-order valence-corrected chi connectivity index (χ1v) is 4.84. The molecule has 0 spiro atoms. The van der Waals surface area contributed by atoms with Gasteiger partial charge in [-0.05, 0) is 25.7 Å². The van der Waals surface area contributed by atoms with Crippen LogP contribution in [-0.4, -0.2) is 9.55 Å². The first-order valence-electron chi connectivity index (χ1n) is 4.84. The molecule has 1 aromatic heterocycles. The van der Waals surface area contributed by atoms with Gasteiger partial charge in [0, 0.05) is 18.9 Å². The molecule has 0 radical (unpaired) electrons. The summed E-state index contributed by atoms with van der Waals surface area (Å²) in [5.41, 5.74) is 2.86. The second-order valence-electron chi connectivity index (χ2n) is 3.55. The van der Waals surface area contributed by atoms with Crippen molar-refractivity contribution in [2.45, 2.75) is 32.4 Å². The maximum Gasteiger partial charge on any atom is 0.127 e. The number of aryl methyl sites for hydroxylation is 1. The summed E-state index contributed by atoms with van der Waals surface area (Å²) in [5.74, 6) is 7.29. The molecule has 3 N–H and O–H groups in total. The molecule has 2 rings (SSSR count). The van der Waals surface area contributed by atoms with E-state index in [1.807, 2.05) is 12.4 Å². The summed E-state index contributed by atoms with van der Waals surface area (Å²) in [6.45, 7) is 3.08. The highest BCUT2D eigenvalue weighted by Gasteiger charge is 2.33. The van der Waals surface area contributed by atoms with E-state index in [4.69, 9.17) is 5.84 Å². The second kappa shape index (κ2) is 3.47. The van der Waals surface area contributed by atoms with Gasteiger partial charge < -0.3 is 4.57 Å². The highest BCUT2D eigenvalue weighted by atomic mass is 15.3. The van der Waals surface area contributed by atoms with Crippen molar-refractivity contribution in [3.8, 4) is 0 Å². The third-order valence-electron chi connectivity index (χ3n) is 2.64. The summed E-state index contributed by atoms with van der Waals surface area (Å²) in [6, 6.07) is 0.245. The summed E-state index contributed by atoms with van der Waals surface area (Å²) in [7, 11) is 0. The van der Waals surface area contributed by atoms with Crippen LogP contribution < -0.4 is 11.3 Å². The number of nitrogens with two attached hydrogens (primary N) is 1. The van der Waals surface area contributed by atoms with Gasteiger partial charge in [-0.1, -0.05) is 0 Å². The van der Waals surface area contributed by atoms with Gasteiger partial charge in [-0.15, -0.1) is 0 Å². The average molecular weight is 180 g/mol. The Bertz CT molecular complexity index is 277. The van der Waals surface area contributed by atoms with E-state index in [0.29, 0.717) is 5.92 Å². The van der Waals surface area contributed by atoms with Gasteiger partial charge in [0.05, 0.1) is 6.04 Å². The lowest BCUT2D eigenvalue weighted by Gasteiger charge is -2.15. The number of aromatic nitrogens is 2. The molecule has 1 unspecified atom stereocenters. The Labute approximate surface area is 78.1 Å². The van der Waals surface area contributed by atoms with Gasteiger partial charge in [0.2, 0.25) is 0 Å². The van der Waals surface area contributed by atoms with Crippen molar-refractivity contribution in [1.29, 1.82) is 0 Å². The molecule has 0 amide bonds. The molecule has 0 saturated heterocycles. The summed E-state index contributed by atoms with van der Waals surface area (Å²) < 4.78 is 2.14. The normalized spacial score (nSPS) is 18.9. The van der Waals surface area contributed by atoms with Crippen molar-refractivity contribution in [1.82, 2.24) is 15.0 Å². The van der Waals surface area contributed by atoms with Crippen molar-refractivity contribution < 1.29 is 0 Å². The number of hydrazine groups is 1. The standard InChI is InChI=1S/C9H16N4/c1-2-13-6-5-11-9(13)8(12-10)7-3-4-7/h5-8,12H,2-4,10H2,1H3. The molecule has 0 bridgehead atoms. The Kier molecular flexibility index (Phi) is 2.33. The van der Waals surface area contributed by atoms with E-state index < -0.39 is 0 Å². The third-order valence-corrected chi connectivity index (χ3v) is 2.64. The van der Waals surface area contributed by atoms with Crippen LogP contribution in [0.15, 0.2) is 12.4 Å². The molecule has 72 valence electrons. The Morgan fingerprint density at radius 2 is 2.54 bits per heavy atom. The molecule has 1 fully saturated rings. The van der Waals surface area contributed by atoms with Gasteiger partial charge in [-0.3, -0.25) is 5.84 Å². The van der Waals surface area contributed by atoms with Crippen molar-refractivity contribution in [2.24, 2.45) is 11.8 Å². The molecule has 0 aromatic carbocycles. The lowest BCUT2D eigenvalue weighted by atomic mass is 10.2. The zero-order valence-corrected chi connectivity index (χ0v) is 7.90. The molecule has 1 aliphatic carbocycles. The minimum atomic E-state index is 0.245. The summed E-state index contributed by atoms with van der Waals surface area (Å²) in [5, 5.41) is 0. The zero-order chi connectivity index (χ0) is 9.26. The van der Waals surface area contributed by atoms with E-state index in [1.54, 1.807) is 0 Å². The van der Waals surface area contributed by atoms with Crippen LogP contribution in [0, 0.1) is 5.92 Å². The lowest BCUT2D eigenvalue weighted by molar-refractivity contribution is 0.451. The highest BCUT2D eigenvalue weighted by molar-refractivity contribution is 5.04. The summed E-state index contributed by atoms with van der Waals surface area (Å²) in [4.78, 5) is 4.34. The fourth-order valence-corrected chi connectivity index (χ4v) is 1.72. The van der Waals surface area contributed by atoms with Crippen molar-refractivity contribution in [3.63, 3.8) is 0 Å². The molecule has 1 aliphatic rings. The summed E-state index contributed by atoms with van der Waals surface area (Å²) in [6.07, 6.45) is 6.38. The van der Waals surface area contributed by atoms with Crippen LogP contribution in [0.4, 0.5) is 0 Å². The third kappa shape index (κ3) is 1.59. The molecule has 4 heteroatoms. The van der Waals surface area contributed by atoms with Crippen molar-refractivity contribution in [2.75, 3.05) is 0 Å². The van der Waals surface area contributed by atoms with Crippen LogP contribution in [-0.2, 0) is 6.54 Å². The van der Waals surface area contributed by atoms with E-state index in [0.717, 1.165) is 12.4 Å². The smallest absolute Gasteiger partial charge is 0.127 e. The zero-order valence-electron chi connectivity index (χ0n) is 7.90. The quantitative estimate of drug-likeness (QED) is 0.532. The van der Waals surface area contributed by atoms with Crippen LogP contribution in [0.3, 0.4) is 0 Å². The van der Waals surface area contributed by atoms with Crippen LogP contribution in [0.1, 0.15) is 31.6 Å². The van der Waals surface area contributed by atoms with Gasteiger partial charge in [0.1, 0.15) is 5.82 Å². The van der Waals surface area contributed by atoms with Crippen LogP contribution in [0.25, 0.3) is 0 Å². The molecule has 1 atom stereocenters. The maximum atomic E-state index is 5.53. The van der Waals surface area contributed by atoms with E-state index >= 15 is 0 Å². The highest BCUT2D eigenvalue weighted by Crippen LogP contribution is 2.39. The molecule has 13 heavy (non-hydrogen) atoms. The van der Waals surface area contributed by atoms with Gasteiger partial charge in [0.25, 0.3) is 0 Å². The fraction of sp³-hybridized carbons (Fsp3) is 0.667. The van der Waals surface area contributed by atoms with Crippen molar-refractivity contribution >= 4 is 0 Å². The molecular weight excluding hydrogens is 164 g/mol. The monoisotopic (exact) mass is 180 g/mol. The molecule has 1 aromatic rings. The number of rotatable bonds is 4. The summed E-state index contributed by atoms with van der Waals surface area (Å²) >= 11 is 0. The minimum Gasteiger partial charge on any atom is -0.334 e. The predicted octanol–water partition coefficient (Wildman–Crippen LogP) is 0.817. The molecule has 1 heterocycles. The van der Waals surface area contributed by atoms with E-state index in [2.05, 4.69) is 21.9 Å². The van der Waals surface area contributed by atoms with E-state index in [1.165, 1.54) is 12.8 Å². The second-order valence-corrected chi connectivity index (χ2v) is 3.55. The number of imidazole rings is 1. The average Bonchev–Trinajstić information content (AvgIpc) is 2.86. The topological polar surface area (TPSA) is 55.9 Å². The number of hydrogen-bond donors (Lipinski definition) is 2. The predicted molar refractivity (Wildman–Crippen MR) is 50.7 cm³/mol. The van der Waals surface area contributed by atoms with Gasteiger partial charge in [-0.2, -0.15) is 0 Å². The fourth-order valence-electron chi connectivity index (χ4n) is 1.72. The Balaban J connectivity index is 2.20. The molecule has 0 aliphatic heterocycles. The van der Waals surface area contributed by atoms with E-state index in [9.17, 15) is 0 Å². The molecular formula is C9H16N4. The van der Waals surface area contributed by atoms with Crippen LogP contribution in [0.2, 0.25) is 0 Å². The number of nitrogens with zero attached hydrogens (tertiary/aromatic N) is 2. The maximum absolute atomic E-state index is 5.53.